The van der Waals surface area contributed by atoms with E-state index in [9.17, 15) is 9.59 Å². The van der Waals surface area contributed by atoms with Crippen molar-refractivity contribution in [2.75, 3.05) is 26.7 Å². The highest BCUT2D eigenvalue weighted by Gasteiger charge is 2.25. The Hall–Kier alpha value is -3.02. The number of carbonyl (C=O) groups excluding carboxylic acids is 2. The molecule has 2 aromatic carbocycles. The second kappa shape index (κ2) is 9.78. The Morgan fingerprint density at radius 1 is 1.14 bits per heavy atom. The molecule has 1 aliphatic heterocycles. The third-order valence-corrected chi connectivity index (χ3v) is 4.95. The zero-order valence-electron chi connectivity index (χ0n) is 16.2. The molecular formula is C22H27N3O3. The fraction of sp³-hybridized carbons (Fsp3) is 0.364. The second-order valence-corrected chi connectivity index (χ2v) is 6.87. The zero-order chi connectivity index (χ0) is 19.8. The van der Waals surface area contributed by atoms with E-state index in [1.54, 1.807) is 7.11 Å². The van der Waals surface area contributed by atoms with Gasteiger partial charge < -0.3 is 20.3 Å². The molecule has 3 rings (SSSR count). The Morgan fingerprint density at radius 2 is 1.89 bits per heavy atom. The number of carbonyl (C=O) groups is 2. The van der Waals surface area contributed by atoms with Gasteiger partial charge in [-0.1, -0.05) is 48.5 Å². The summed E-state index contributed by atoms with van der Waals surface area (Å²) in [5.74, 6) is 0.971. The summed E-state index contributed by atoms with van der Waals surface area (Å²) in [7, 11) is 1.64. The first kappa shape index (κ1) is 19.7. The van der Waals surface area contributed by atoms with Crippen LogP contribution in [0.1, 0.15) is 30.0 Å². The van der Waals surface area contributed by atoms with Gasteiger partial charge in [0.05, 0.1) is 13.2 Å². The van der Waals surface area contributed by atoms with Gasteiger partial charge in [-0.3, -0.25) is 4.79 Å². The number of hydrogen-bond acceptors (Lipinski definition) is 3. The van der Waals surface area contributed by atoms with E-state index in [0.29, 0.717) is 25.9 Å². The fourth-order valence-electron chi connectivity index (χ4n) is 3.47. The molecule has 6 heteroatoms. The first-order chi connectivity index (χ1) is 13.7. The van der Waals surface area contributed by atoms with Gasteiger partial charge in [-0.25, -0.2) is 4.79 Å². The standard InChI is InChI=1S/C22H27N3O3/c1-28-20-11-6-5-10-18(20)13-14-23-22(27)24-19(17-8-3-2-4-9-17)16-25-15-7-12-21(25)26/h2-6,8-11,19H,7,12-16H2,1H3,(H2,23,24,27). The molecule has 0 radical (unpaired) electrons. The number of nitrogens with zero attached hydrogens (tertiary/aromatic N) is 1. The molecule has 2 aromatic rings. The Labute approximate surface area is 165 Å². The van der Waals surface area contributed by atoms with Crippen LogP contribution in [0.4, 0.5) is 4.79 Å². The molecule has 28 heavy (non-hydrogen) atoms. The van der Waals surface area contributed by atoms with Crippen LogP contribution in [0.3, 0.4) is 0 Å². The summed E-state index contributed by atoms with van der Waals surface area (Å²) in [6.07, 6.45) is 2.15. The molecule has 1 fully saturated rings. The van der Waals surface area contributed by atoms with Gasteiger partial charge in [0.15, 0.2) is 0 Å². The number of urea groups is 1. The number of benzene rings is 2. The molecule has 1 saturated heterocycles. The van der Waals surface area contributed by atoms with E-state index in [0.717, 1.165) is 29.8 Å². The molecular weight excluding hydrogens is 354 g/mol. The Morgan fingerprint density at radius 3 is 2.61 bits per heavy atom. The van der Waals surface area contributed by atoms with Gasteiger partial charge in [-0.2, -0.15) is 0 Å². The molecule has 0 aromatic heterocycles. The minimum atomic E-state index is -0.241. The van der Waals surface area contributed by atoms with Gasteiger partial charge in [0, 0.05) is 26.1 Å². The molecule has 1 heterocycles. The summed E-state index contributed by atoms with van der Waals surface area (Å²) >= 11 is 0. The van der Waals surface area contributed by atoms with Crippen molar-refractivity contribution >= 4 is 11.9 Å². The second-order valence-electron chi connectivity index (χ2n) is 6.87. The maximum atomic E-state index is 12.5. The first-order valence-corrected chi connectivity index (χ1v) is 9.66. The summed E-state index contributed by atoms with van der Waals surface area (Å²) in [5.41, 5.74) is 2.04. The Kier molecular flexibility index (Phi) is 6.89. The molecule has 0 saturated carbocycles. The van der Waals surface area contributed by atoms with E-state index < -0.39 is 0 Å². The molecule has 6 nitrogen and oxygen atoms in total. The molecule has 0 bridgehead atoms. The molecule has 2 N–H and O–H groups in total. The lowest BCUT2D eigenvalue weighted by Crippen LogP contribution is -2.43. The zero-order valence-corrected chi connectivity index (χ0v) is 16.2. The van der Waals surface area contributed by atoms with E-state index in [2.05, 4.69) is 10.6 Å². The third kappa shape index (κ3) is 5.25. The van der Waals surface area contributed by atoms with Crippen LogP contribution < -0.4 is 15.4 Å². The van der Waals surface area contributed by atoms with Crippen LogP contribution in [0.5, 0.6) is 5.75 Å². The lowest BCUT2D eigenvalue weighted by molar-refractivity contribution is -0.128. The Bertz CT molecular complexity index is 795. The van der Waals surface area contributed by atoms with Crippen LogP contribution in [-0.2, 0) is 11.2 Å². The maximum absolute atomic E-state index is 12.5. The van der Waals surface area contributed by atoms with Crippen molar-refractivity contribution in [3.05, 3.63) is 65.7 Å². The maximum Gasteiger partial charge on any atom is 0.315 e. The van der Waals surface area contributed by atoms with Gasteiger partial charge in [-0.15, -0.1) is 0 Å². The number of methoxy groups -OCH3 is 1. The summed E-state index contributed by atoms with van der Waals surface area (Å²) in [4.78, 5) is 26.3. The number of likely N-dealkylation sites (tertiary alicyclic amines) is 1. The minimum Gasteiger partial charge on any atom is -0.496 e. The average Bonchev–Trinajstić information content (AvgIpc) is 3.13. The monoisotopic (exact) mass is 381 g/mol. The van der Waals surface area contributed by atoms with Crippen molar-refractivity contribution in [3.63, 3.8) is 0 Å². The summed E-state index contributed by atoms with van der Waals surface area (Å²) in [6, 6.07) is 17.1. The number of amides is 3. The number of ether oxygens (including phenoxy) is 1. The van der Waals surface area contributed by atoms with E-state index in [4.69, 9.17) is 4.74 Å². The van der Waals surface area contributed by atoms with Crippen molar-refractivity contribution in [2.24, 2.45) is 0 Å². The summed E-state index contributed by atoms with van der Waals surface area (Å²) in [5, 5.41) is 5.93. The highest BCUT2D eigenvalue weighted by molar-refractivity contribution is 5.78. The summed E-state index contributed by atoms with van der Waals surface area (Å²) < 4.78 is 5.34. The number of para-hydroxylation sites is 1. The number of rotatable bonds is 8. The topological polar surface area (TPSA) is 70.7 Å². The van der Waals surface area contributed by atoms with E-state index in [1.807, 2.05) is 59.5 Å². The van der Waals surface area contributed by atoms with Crippen molar-refractivity contribution in [1.82, 2.24) is 15.5 Å². The number of hydrogen-bond donors (Lipinski definition) is 2. The average molecular weight is 381 g/mol. The van der Waals surface area contributed by atoms with Crippen LogP contribution >= 0.6 is 0 Å². The van der Waals surface area contributed by atoms with Crippen molar-refractivity contribution < 1.29 is 14.3 Å². The normalized spacial score (nSPS) is 14.6. The number of nitrogens with one attached hydrogen (secondary N) is 2. The molecule has 3 amide bonds. The van der Waals surface area contributed by atoms with Gasteiger partial charge in [-0.05, 0) is 30.0 Å². The van der Waals surface area contributed by atoms with Crippen molar-refractivity contribution in [2.45, 2.75) is 25.3 Å². The molecule has 0 spiro atoms. The van der Waals surface area contributed by atoms with Crippen LogP contribution in [-0.4, -0.2) is 43.6 Å². The van der Waals surface area contributed by atoms with Crippen molar-refractivity contribution in [1.29, 1.82) is 0 Å². The smallest absolute Gasteiger partial charge is 0.315 e. The van der Waals surface area contributed by atoms with Gasteiger partial charge in [0.2, 0.25) is 5.91 Å². The molecule has 148 valence electrons. The Balaban J connectivity index is 1.57. The largest absolute Gasteiger partial charge is 0.496 e. The fourth-order valence-corrected chi connectivity index (χ4v) is 3.47. The molecule has 1 atom stereocenters. The van der Waals surface area contributed by atoms with E-state index in [1.165, 1.54) is 0 Å². The van der Waals surface area contributed by atoms with E-state index in [-0.39, 0.29) is 18.0 Å². The highest BCUT2D eigenvalue weighted by Crippen LogP contribution is 2.19. The lowest BCUT2D eigenvalue weighted by atomic mass is 10.1. The predicted octanol–water partition coefficient (Wildman–Crippen LogP) is 2.90. The molecule has 1 aliphatic rings. The van der Waals surface area contributed by atoms with Gasteiger partial charge >= 0.3 is 6.03 Å². The predicted molar refractivity (Wildman–Crippen MR) is 108 cm³/mol. The SMILES string of the molecule is COc1ccccc1CCNC(=O)NC(CN1CCCC1=O)c1ccccc1. The van der Waals surface area contributed by atoms with Crippen LogP contribution in [0.2, 0.25) is 0 Å². The van der Waals surface area contributed by atoms with Crippen LogP contribution in [0.15, 0.2) is 54.6 Å². The summed E-state index contributed by atoms with van der Waals surface area (Å²) in [6.45, 7) is 1.73. The van der Waals surface area contributed by atoms with E-state index >= 15 is 0 Å². The quantitative estimate of drug-likeness (QED) is 0.739. The molecule has 0 aliphatic carbocycles. The van der Waals surface area contributed by atoms with Gasteiger partial charge in [0.1, 0.15) is 5.75 Å². The lowest BCUT2D eigenvalue weighted by Gasteiger charge is -2.25. The van der Waals surface area contributed by atoms with Gasteiger partial charge in [0.25, 0.3) is 0 Å². The molecule has 1 unspecified atom stereocenters. The minimum absolute atomic E-state index is 0.152. The third-order valence-electron chi connectivity index (χ3n) is 4.95. The first-order valence-electron chi connectivity index (χ1n) is 9.66. The van der Waals surface area contributed by atoms with Crippen LogP contribution in [0, 0.1) is 0 Å². The highest BCUT2D eigenvalue weighted by atomic mass is 16.5. The van der Waals surface area contributed by atoms with Crippen molar-refractivity contribution in [3.8, 4) is 5.75 Å². The van der Waals surface area contributed by atoms with Crippen LogP contribution in [0.25, 0.3) is 0 Å².